The maximum Gasteiger partial charge on any atom is 0.425 e. The number of esters is 1. The fourth-order valence-electron chi connectivity index (χ4n) is 8.44. The minimum atomic E-state index is -1.45. The maximum atomic E-state index is 14.6. The summed E-state index contributed by atoms with van der Waals surface area (Å²) in [6.07, 6.45) is -0.457. The molecule has 13 atom stereocenters. The first-order valence-corrected chi connectivity index (χ1v) is 18.9. The van der Waals surface area contributed by atoms with Crippen LogP contribution in [0.5, 0.6) is 0 Å². The van der Waals surface area contributed by atoms with Gasteiger partial charge in [0, 0.05) is 37.5 Å². The smallest absolute Gasteiger partial charge is 0.425 e. The lowest BCUT2D eigenvalue weighted by Crippen LogP contribution is -2.61. The number of Topliss-reactive ketones (excluding diaryl/α,β-unsaturated/α-hetero) is 2. The van der Waals surface area contributed by atoms with Gasteiger partial charge in [0.1, 0.15) is 30.0 Å². The van der Waals surface area contributed by atoms with Gasteiger partial charge in [0.2, 0.25) is 0 Å². The number of ketones is 2. The number of methoxy groups -OCH3 is 1. The largest absolute Gasteiger partial charge is 0.458 e. The van der Waals surface area contributed by atoms with Gasteiger partial charge in [-0.3, -0.25) is 14.4 Å². The van der Waals surface area contributed by atoms with Crippen molar-refractivity contribution >= 4 is 29.7 Å². The van der Waals surface area contributed by atoms with Crippen LogP contribution >= 0.6 is 0 Å². The molecule has 296 valence electrons. The molecule has 1 amide bonds. The minimum absolute atomic E-state index is 0.117. The van der Waals surface area contributed by atoms with Crippen molar-refractivity contribution < 1.29 is 48.0 Å². The number of carbonyl (C=O) groups is 4. The molecule has 0 unspecified atom stereocenters. The van der Waals surface area contributed by atoms with Crippen molar-refractivity contribution in [3.63, 3.8) is 0 Å². The summed E-state index contributed by atoms with van der Waals surface area (Å²) in [7, 11) is 5.22. The first-order valence-electron chi connectivity index (χ1n) is 18.9. The average Bonchev–Trinajstić information content (AvgIpc) is 3.39. The number of hydrogen-bond acceptors (Lipinski definition) is 12. The summed E-state index contributed by atoms with van der Waals surface area (Å²) < 4.78 is 30.9. The number of aliphatic hydroxyl groups is 1. The van der Waals surface area contributed by atoms with E-state index < -0.39 is 83.4 Å². The number of hydrogen-bond donors (Lipinski definition) is 2. The third-order valence-electron chi connectivity index (χ3n) is 11.6. The monoisotopic (exact) mass is 743 g/mol. The van der Waals surface area contributed by atoms with Gasteiger partial charge in [-0.15, -0.1) is 0 Å². The van der Waals surface area contributed by atoms with E-state index in [-0.39, 0.29) is 37.3 Å². The summed E-state index contributed by atoms with van der Waals surface area (Å²) in [6.45, 7) is 14.1. The van der Waals surface area contributed by atoms with Crippen LogP contribution < -0.4 is 5.43 Å². The Morgan fingerprint density at radius 3 is 2.28 bits per heavy atom. The van der Waals surface area contributed by atoms with Gasteiger partial charge in [0.15, 0.2) is 17.7 Å². The Kier molecular flexibility index (Phi) is 14.1. The molecule has 3 aliphatic heterocycles. The second-order valence-electron chi connectivity index (χ2n) is 15.7. The highest BCUT2D eigenvalue weighted by atomic mass is 16.7. The average molecular weight is 744 g/mol. The predicted molar refractivity (Wildman–Crippen MR) is 198 cm³/mol. The lowest BCUT2D eigenvalue weighted by atomic mass is 9.73. The first-order chi connectivity index (χ1) is 24.9. The molecule has 1 aromatic rings. The zero-order valence-corrected chi connectivity index (χ0v) is 33.2. The van der Waals surface area contributed by atoms with Crippen LogP contribution in [-0.2, 0) is 38.1 Å². The molecular weight excluding hydrogens is 682 g/mol. The fourth-order valence-corrected chi connectivity index (χ4v) is 8.44. The van der Waals surface area contributed by atoms with E-state index in [1.807, 2.05) is 68.4 Å². The molecule has 3 heterocycles. The number of hydrazine groups is 1. The zero-order chi connectivity index (χ0) is 39.4. The Labute approximate surface area is 314 Å². The lowest BCUT2D eigenvalue weighted by Gasteiger charge is -2.47. The van der Waals surface area contributed by atoms with Crippen molar-refractivity contribution in [2.45, 2.75) is 129 Å². The molecule has 4 rings (SSSR count). The number of fused-ring (bicyclic) bond motifs is 1. The molecule has 0 radical (unpaired) electrons. The van der Waals surface area contributed by atoms with E-state index in [4.69, 9.17) is 23.7 Å². The van der Waals surface area contributed by atoms with Gasteiger partial charge in [0.05, 0.1) is 17.8 Å². The van der Waals surface area contributed by atoms with Crippen LogP contribution in [0.15, 0.2) is 36.4 Å². The molecule has 0 spiro atoms. The van der Waals surface area contributed by atoms with Crippen molar-refractivity contribution in [3.8, 4) is 0 Å². The van der Waals surface area contributed by atoms with Crippen LogP contribution in [0.3, 0.4) is 0 Å². The quantitative estimate of drug-likeness (QED) is 0.272. The standard InChI is InChI=1S/C40H61N3O10/c1-12-30-40(8)34(43(38(48)53-40)41-20-16-19-28-17-14-13-15-18-28)25(4)31(44)23(2)22-39(7,49-11)35(26(5)32(45)27(6)36(47)51-30)52-37-33(46)29(42(9)10)21-24(3)50-37/h13-19,23-27,29-30,33-35,37,41,46H,12,20-22H2,1-11H3/b19-16+/t23-,24-,25-,26+,27-,29+,30+,33-,34-,35-,37+,39-,40-/m1/s1. The summed E-state index contributed by atoms with van der Waals surface area (Å²) >= 11 is 0. The molecule has 2 N–H and O–H groups in total. The van der Waals surface area contributed by atoms with Crippen molar-refractivity contribution in [2.24, 2.45) is 23.7 Å². The van der Waals surface area contributed by atoms with Crippen molar-refractivity contribution in [1.82, 2.24) is 15.3 Å². The van der Waals surface area contributed by atoms with E-state index in [2.05, 4.69) is 5.43 Å². The van der Waals surface area contributed by atoms with Crippen LogP contribution in [0.2, 0.25) is 0 Å². The van der Waals surface area contributed by atoms with E-state index in [9.17, 15) is 24.3 Å². The molecule has 1 aromatic carbocycles. The number of rotatable bonds is 9. The van der Waals surface area contributed by atoms with Gasteiger partial charge in [-0.2, -0.15) is 0 Å². The van der Waals surface area contributed by atoms with Crippen LogP contribution in [0.4, 0.5) is 4.79 Å². The zero-order valence-electron chi connectivity index (χ0n) is 33.2. The normalized spacial score (nSPS) is 39.2. The maximum absolute atomic E-state index is 14.6. The number of nitrogens with one attached hydrogen (secondary N) is 1. The van der Waals surface area contributed by atoms with E-state index in [1.165, 1.54) is 19.0 Å². The molecule has 13 nitrogen and oxygen atoms in total. The van der Waals surface area contributed by atoms with Gasteiger partial charge in [0.25, 0.3) is 0 Å². The molecule has 0 bridgehead atoms. The second-order valence-corrected chi connectivity index (χ2v) is 15.7. The van der Waals surface area contributed by atoms with Crippen molar-refractivity contribution in [1.29, 1.82) is 0 Å². The summed E-state index contributed by atoms with van der Waals surface area (Å²) in [4.78, 5) is 58.2. The van der Waals surface area contributed by atoms with Gasteiger partial charge in [-0.05, 0) is 66.6 Å². The highest BCUT2D eigenvalue weighted by Crippen LogP contribution is 2.42. The lowest BCUT2D eigenvalue weighted by molar-refractivity contribution is -0.295. The van der Waals surface area contributed by atoms with E-state index in [0.717, 1.165) is 5.56 Å². The van der Waals surface area contributed by atoms with Gasteiger partial charge in [-0.25, -0.2) is 15.2 Å². The second kappa shape index (κ2) is 17.5. The summed E-state index contributed by atoms with van der Waals surface area (Å²) in [6, 6.07) is 8.53. The summed E-state index contributed by atoms with van der Waals surface area (Å²) in [5.41, 5.74) is 1.40. The van der Waals surface area contributed by atoms with E-state index in [1.54, 1.807) is 41.5 Å². The number of amides is 1. The number of carbonyl (C=O) groups excluding carboxylic acids is 4. The third kappa shape index (κ3) is 9.03. The topological polar surface area (TPSA) is 153 Å². The molecule has 0 aliphatic carbocycles. The highest BCUT2D eigenvalue weighted by Gasteiger charge is 2.60. The van der Waals surface area contributed by atoms with Crippen molar-refractivity contribution in [3.05, 3.63) is 42.0 Å². The molecule has 0 aromatic heterocycles. The van der Waals surface area contributed by atoms with Crippen molar-refractivity contribution in [2.75, 3.05) is 27.7 Å². The molecule has 13 heteroatoms. The highest BCUT2D eigenvalue weighted by molar-refractivity contribution is 6.00. The third-order valence-corrected chi connectivity index (χ3v) is 11.6. The number of benzene rings is 1. The fraction of sp³-hybridized carbons (Fsp3) is 0.700. The molecule has 3 saturated heterocycles. The Balaban J connectivity index is 1.74. The summed E-state index contributed by atoms with van der Waals surface area (Å²) in [5, 5.41) is 12.7. The Morgan fingerprint density at radius 1 is 1.02 bits per heavy atom. The number of aliphatic hydroxyl groups excluding tert-OH is 1. The van der Waals surface area contributed by atoms with Gasteiger partial charge >= 0.3 is 12.1 Å². The van der Waals surface area contributed by atoms with E-state index in [0.29, 0.717) is 6.42 Å². The predicted octanol–water partition coefficient (Wildman–Crippen LogP) is 4.41. The number of nitrogens with zero attached hydrogens (tertiary/aromatic N) is 2. The Morgan fingerprint density at radius 2 is 1.68 bits per heavy atom. The number of likely N-dealkylation sites (N-methyl/N-ethyl adjacent to an activating group) is 1. The molecule has 53 heavy (non-hydrogen) atoms. The SMILES string of the molecule is CC[C@@H]1OC(=O)[C@H](C)C(=O)[C@H](C)[C@@H](O[C@@H]2O[C@H](C)C[C@H](N(C)C)[C@H]2O)[C@](C)(OC)C[C@@H](C)C(=O)[C@@H](C)[C@H]2N(NC/C=C/c3ccccc3)C(=O)O[C@]12C. The molecule has 3 aliphatic rings. The van der Waals surface area contributed by atoms with Crippen LogP contribution in [-0.4, -0.2) is 120 Å². The number of cyclic esters (lactones) is 1. The molecule has 0 saturated carbocycles. The van der Waals surface area contributed by atoms with Crippen LogP contribution in [0.25, 0.3) is 6.08 Å². The molecular formula is C40H61N3O10. The minimum Gasteiger partial charge on any atom is -0.458 e. The van der Waals surface area contributed by atoms with Crippen LogP contribution in [0.1, 0.15) is 80.2 Å². The van der Waals surface area contributed by atoms with Gasteiger partial charge in [-0.1, -0.05) is 70.2 Å². The number of ether oxygens (including phenoxy) is 5. The Hall–Kier alpha value is -3.20. The van der Waals surface area contributed by atoms with Gasteiger partial charge < -0.3 is 33.7 Å². The molecule has 3 fully saturated rings. The van der Waals surface area contributed by atoms with E-state index >= 15 is 0 Å². The first kappa shape index (κ1) is 42.5. The van der Waals surface area contributed by atoms with Crippen LogP contribution in [0, 0.1) is 23.7 Å². The summed E-state index contributed by atoms with van der Waals surface area (Å²) in [5.74, 6) is -5.08. The Bertz CT molecular complexity index is 1470.